The highest BCUT2D eigenvalue weighted by Crippen LogP contribution is 2.45. The second-order valence-corrected chi connectivity index (χ2v) is 16.8. The van der Waals surface area contributed by atoms with E-state index in [4.69, 9.17) is 9.47 Å². The molecule has 47 heavy (non-hydrogen) atoms. The van der Waals surface area contributed by atoms with Crippen molar-refractivity contribution in [2.75, 3.05) is 4.90 Å². The van der Waals surface area contributed by atoms with Crippen LogP contribution in [0.25, 0.3) is 20.2 Å². The van der Waals surface area contributed by atoms with Gasteiger partial charge >= 0.3 is 0 Å². The zero-order chi connectivity index (χ0) is 31.0. The van der Waals surface area contributed by atoms with E-state index < -0.39 is 8.07 Å². The first-order valence-corrected chi connectivity index (χ1v) is 18.7. The fraction of sp³-hybridized carbons (Fsp3) is 0. The summed E-state index contributed by atoms with van der Waals surface area (Å²) in [6.45, 7) is 0. The van der Waals surface area contributed by atoms with Gasteiger partial charge in [-0.25, -0.2) is 0 Å². The Bertz CT molecular complexity index is 2400. The first kappa shape index (κ1) is 26.6. The predicted octanol–water partition coefficient (Wildman–Crippen LogP) is 9.11. The molecule has 0 atom stereocenters. The van der Waals surface area contributed by atoms with Gasteiger partial charge in [0.25, 0.3) is 0 Å². The van der Waals surface area contributed by atoms with Gasteiger partial charge in [-0.1, -0.05) is 103 Å². The molecule has 7 aromatic carbocycles. The van der Waals surface area contributed by atoms with E-state index >= 15 is 0 Å². The van der Waals surface area contributed by atoms with Gasteiger partial charge in [0, 0.05) is 26.8 Å². The maximum atomic E-state index is 6.77. The number of benzene rings is 7. The highest BCUT2D eigenvalue weighted by molar-refractivity contribution is 7.26. The summed E-state index contributed by atoms with van der Waals surface area (Å²) in [6, 6.07) is 58.7. The Labute approximate surface area is 277 Å². The maximum absolute atomic E-state index is 6.77. The van der Waals surface area contributed by atoms with Gasteiger partial charge in [-0.15, -0.1) is 11.3 Å². The first-order valence-electron chi connectivity index (χ1n) is 15.8. The summed E-state index contributed by atoms with van der Waals surface area (Å²) in [4.78, 5) is 2.41. The van der Waals surface area contributed by atoms with Crippen LogP contribution in [0.3, 0.4) is 0 Å². The summed E-state index contributed by atoms with van der Waals surface area (Å²) < 4.78 is 15.9. The summed E-state index contributed by atoms with van der Waals surface area (Å²) in [7, 11) is -2.89. The molecule has 10 rings (SSSR count). The van der Waals surface area contributed by atoms with Crippen LogP contribution < -0.4 is 35.1 Å². The highest BCUT2D eigenvalue weighted by Gasteiger charge is 2.53. The number of para-hydroxylation sites is 4. The van der Waals surface area contributed by atoms with Gasteiger partial charge in [-0.2, -0.15) is 0 Å². The number of anilines is 3. The molecule has 2 aliphatic rings. The molecule has 0 unspecified atom stereocenters. The predicted molar refractivity (Wildman–Crippen MR) is 198 cm³/mol. The third kappa shape index (κ3) is 3.78. The van der Waals surface area contributed by atoms with Gasteiger partial charge in [0.1, 0.15) is 23.0 Å². The van der Waals surface area contributed by atoms with E-state index in [-0.39, 0.29) is 0 Å². The minimum atomic E-state index is -2.89. The van der Waals surface area contributed by atoms with Crippen LogP contribution in [0.2, 0.25) is 0 Å². The summed E-state index contributed by atoms with van der Waals surface area (Å²) in [5.41, 5.74) is 3.37. The topological polar surface area (TPSA) is 21.7 Å². The van der Waals surface area contributed by atoms with Crippen LogP contribution in [-0.4, -0.2) is 8.07 Å². The van der Waals surface area contributed by atoms with Crippen molar-refractivity contribution in [3.8, 4) is 23.0 Å². The molecular formula is C42H27NO2SSi. The number of hydrogen-bond acceptors (Lipinski definition) is 4. The van der Waals surface area contributed by atoms with Crippen molar-refractivity contribution < 1.29 is 9.47 Å². The van der Waals surface area contributed by atoms with Gasteiger partial charge in [-0.05, 0) is 81.4 Å². The molecule has 0 saturated heterocycles. The highest BCUT2D eigenvalue weighted by atomic mass is 32.1. The Morgan fingerprint density at radius 2 is 0.979 bits per heavy atom. The van der Waals surface area contributed by atoms with Crippen molar-refractivity contribution in [1.82, 2.24) is 0 Å². The zero-order valence-corrected chi connectivity index (χ0v) is 27.1. The van der Waals surface area contributed by atoms with Crippen LogP contribution in [0.5, 0.6) is 23.0 Å². The molecule has 0 saturated carbocycles. The van der Waals surface area contributed by atoms with Gasteiger partial charge < -0.3 is 14.4 Å². The lowest BCUT2D eigenvalue weighted by molar-refractivity contribution is 0.481. The molecule has 0 radical (unpaired) electrons. The third-order valence-electron chi connectivity index (χ3n) is 9.58. The summed E-state index contributed by atoms with van der Waals surface area (Å²) in [6.07, 6.45) is 0. The maximum Gasteiger partial charge on any atom is 0.196 e. The first-order chi connectivity index (χ1) is 23.3. The van der Waals surface area contributed by atoms with Crippen LogP contribution >= 0.6 is 11.3 Å². The fourth-order valence-electron chi connectivity index (χ4n) is 7.66. The molecule has 0 N–H and O–H groups in total. The average Bonchev–Trinajstić information content (AvgIpc) is 3.52. The Balaban J connectivity index is 1.29. The molecule has 3 heterocycles. The average molecular weight is 638 g/mol. The fourth-order valence-corrected chi connectivity index (χ4v) is 14.0. The van der Waals surface area contributed by atoms with E-state index in [2.05, 4.69) is 169 Å². The van der Waals surface area contributed by atoms with Crippen LogP contribution in [0, 0.1) is 0 Å². The normalized spacial score (nSPS) is 13.6. The van der Waals surface area contributed by atoms with E-state index in [0.717, 1.165) is 40.1 Å². The number of ether oxygens (including phenoxy) is 2. The minimum absolute atomic E-state index is 0.902. The van der Waals surface area contributed by atoms with E-state index in [1.807, 2.05) is 11.3 Å². The summed E-state index contributed by atoms with van der Waals surface area (Å²) in [5, 5.41) is 7.51. The molecule has 2 aliphatic heterocycles. The molecule has 0 aliphatic carbocycles. The summed E-state index contributed by atoms with van der Waals surface area (Å²) in [5.74, 6) is 3.65. The molecule has 0 amide bonds. The van der Waals surface area contributed by atoms with E-state index in [0.29, 0.717) is 0 Å². The van der Waals surface area contributed by atoms with E-state index in [9.17, 15) is 0 Å². The molecule has 1 aromatic heterocycles. The van der Waals surface area contributed by atoms with Crippen molar-refractivity contribution in [3.63, 3.8) is 0 Å². The molecule has 3 nitrogen and oxygen atoms in total. The Kier molecular flexibility index (Phi) is 5.76. The number of rotatable bonds is 3. The number of thiophene rings is 1. The van der Waals surface area contributed by atoms with Gasteiger partial charge in [-0.3, -0.25) is 0 Å². The van der Waals surface area contributed by atoms with Crippen LogP contribution in [0.15, 0.2) is 164 Å². The summed E-state index contributed by atoms with van der Waals surface area (Å²) >= 11 is 1.85. The van der Waals surface area contributed by atoms with Gasteiger partial charge in [0.2, 0.25) is 0 Å². The lowest BCUT2D eigenvalue weighted by Gasteiger charge is -2.43. The van der Waals surface area contributed by atoms with Crippen molar-refractivity contribution in [2.45, 2.75) is 0 Å². The number of fused-ring (bicyclic) bond motifs is 11. The number of nitrogens with zero attached hydrogens (tertiary/aromatic N) is 1. The molecule has 0 fully saturated rings. The Hall–Kier alpha value is -5.62. The molecule has 8 aromatic rings. The molecule has 0 bridgehead atoms. The van der Waals surface area contributed by atoms with Crippen LogP contribution in [0.4, 0.5) is 17.1 Å². The van der Waals surface area contributed by atoms with Crippen LogP contribution in [0.1, 0.15) is 0 Å². The largest absolute Gasteiger partial charge is 0.458 e. The SMILES string of the molecule is c1ccc(N(c2ccc3c(c2)[Si]2(c4ccccc4Oc4ccccc42)c2ccccc2O3)c2cccc3c2sc2ccccc23)cc1. The van der Waals surface area contributed by atoms with Gasteiger partial charge in [0.15, 0.2) is 8.07 Å². The minimum Gasteiger partial charge on any atom is -0.458 e. The van der Waals surface area contributed by atoms with E-state index in [1.54, 1.807) is 0 Å². The second-order valence-electron chi connectivity index (χ2n) is 12.0. The van der Waals surface area contributed by atoms with Crippen molar-refractivity contribution in [1.29, 1.82) is 0 Å². The zero-order valence-electron chi connectivity index (χ0n) is 25.3. The second kappa shape index (κ2) is 10.2. The Morgan fingerprint density at radius 1 is 0.426 bits per heavy atom. The quantitative estimate of drug-likeness (QED) is 0.180. The smallest absolute Gasteiger partial charge is 0.196 e. The van der Waals surface area contributed by atoms with E-state index in [1.165, 1.54) is 40.9 Å². The lowest BCUT2D eigenvalue weighted by atomic mass is 10.1. The Morgan fingerprint density at radius 3 is 1.66 bits per heavy atom. The lowest BCUT2D eigenvalue weighted by Crippen LogP contribution is -2.77. The standard InChI is InChI=1S/C42H27NO2SSi/c1-2-13-28(14-3-1)43(32-17-12-16-31-30-15-4-8-21-37(30)46-42(31)32)29-25-26-36-41(27-29)47(40-24-11-7-20-35(40)45-36)38-22-9-5-18-33(38)44-34-19-6-10-23-39(34)47/h1-27H. The van der Waals surface area contributed by atoms with Crippen LogP contribution in [-0.2, 0) is 0 Å². The van der Waals surface area contributed by atoms with Crippen molar-refractivity contribution >= 4 is 77.4 Å². The number of hydrogen-bond donors (Lipinski definition) is 0. The van der Waals surface area contributed by atoms with Gasteiger partial charge in [0.05, 0.1) is 10.4 Å². The molecule has 222 valence electrons. The third-order valence-corrected chi connectivity index (χ3v) is 15.6. The van der Waals surface area contributed by atoms with Crippen molar-refractivity contribution in [3.05, 3.63) is 164 Å². The monoisotopic (exact) mass is 637 g/mol. The molecule has 5 heteroatoms. The molecule has 1 spiro atoms. The van der Waals surface area contributed by atoms with Crippen molar-refractivity contribution in [2.24, 2.45) is 0 Å². The molecular weight excluding hydrogens is 611 g/mol.